The first-order valence-corrected chi connectivity index (χ1v) is 11.0. The molecule has 2 rings (SSSR count). The summed E-state index contributed by atoms with van der Waals surface area (Å²) in [6.45, 7) is -0.422. The van der Waals surface area contributed by atoms with Crippen LogP contribution in [0.5, 0.6) is 0 Å². The molecule has 9 nitrogen and oxygen atoms in total. The summed E-state index contributed by atoms with van der Waals surface area (Å²) in [4.78, 5) is 41.4. The molecule has 1 saturated carbocycles. The minimum atomic E-state index is -1.10. The van der Waals surface area contributed by atoms with Crippen LogP contribution in [0.2, 0.25) is 0 Å². The van der Waals surface area contributed by atoms with E-state index in [9.17, 15) is 29.7 Å². The Hall–Kier alpha value is -2.65. The van der Waals surface area contributed by atoms with Gasteiger partial charge in [-0.05, 0) is 62.1 Å². The van der Waals surface area contributed by atoms with Crippen LogP contribution in [0.4, 0.5) is 5.69 Å². The monoisotopic (exact) mass is 463 g/mol. The summed E-state index contributed by atoms with van der Waals surface area (Å²) in [7, 11) is 0. The van der Waals surface area contributed by atoms with Crippen LogP contribution in [0.1, 0.15) is 37.7 Å². The fourth-order valence-electron chi connectivity index (χ4n) is 4.39. The molecule has 3 N–H and O–H groups in total. The van der Waals surface area contributed by atoms with Gasteiger partial charge in [-0.1, -0.05) is 25.0 Å². The van der Waals surface area contributed by atoms with Gasteiger partial charge in [0, 0.05) is 12.1 Å². The lowest BCUT2D eigenvalue weighted by Gasteiger charge is -2.44. The molecule has 0 bridgehead atoms. The van der Waals surface area contributed by atoms with E-state index in [4.69, 9.17) is 0 Å². The standard InChI is InChI=1S/C22H29N3O6S/c26-20(27)12-24(11-3-4-16-7-9-17(10-8-16)23-15-32)18-5-1-2-6-19(18)25(13-21(28)29)14-22(30)31/h7-10,18-19H,1-6,11-14H2,(H,26,27)(H,28,29)(H,30,31)/t18-,19-/m1/s1. The Morgan fingerprint density at radius 3 is 1.91 bits per heavy atom. The van der Waals surface area contributed by atoms with E-state index < -0.39 is 17.9 Å². The number of nitrogens with zero attached hydrogens (tertiary/aromatic N) is 3. The lowest BCUT2D eigenvalue weighted by molar-refractivity contribution is -0.146. The molecule has 174 valence electrons. The number of hydrogen-bond donors (Lipinski definition) is 3. The summed E-state index contributed by atoms with van der Waals surface area (Å²) in [5.74, 6) is -3.15. The fourth-order valence-corrected chi connectivity index (χ4v) is 4.50. The van der Waals surface area contributed by atoms with Crippen LogP contribution in [0.15, 0.2) is 29.3 Å². The summed E-state index contributed by atoms with van der Waals surface area (Å²) in [6.07, 6.45) is 4.55. The molecule has 0 aromatic heterocycles. The van der Waals surface area contributed by atoms with Gasteiger partial charge in [-0.25, -0.2) is 0 Å². The van der Waals surface area contributed by atoms with E-state index in [1.54, 1.807) is 0 Å². The second kappa shape index (κ2) is 13.0. The third kappa shape index (κ3) is 8.47. The number of benzene rings is 1. The van der Waals surface area contributed by atoms with Crippen LogP contribution in [-0.4, -0.2) is 86.5 Å². The summed E-state index contributed by atoms with van der Waals surface area (Å²) < 4.78 is 0. The fraction of sp³-hybridized carbons (Fsp3) is 0.545. The van der Waals surface area contributed by atoms with Crippen molar-refractivity contribution in [3.05, 3.63) is 29.8 Å². The third-order valence-electron chi connectivity index (χ3n) is 5.67. The Bertz CT molecular complexity index is 825. The van der Waals surface area contributed by atoms with Crippen LogP contribution in [-0.2, 0) is 20.8 Å². The Labute approximate surface area is 192 Å². The smallest absolute Gasteiger partial charge is 0.317 e. The van der Waals surface area contributed by atoms with Crippen molar-refractivity contribution in [1.29, 1.82) is 0 Å². The molecule has 1 aromatic carbocycles. The van der Waals surface area contributed by atoms with E-state index in [0.717, 1.165) is 30.5 Å². The van der Waals surface area contributed by atoms with Gasteiger partial charge in [0.2, 0.25) is 0 Å². The Morgan fingerprint density at radius 1 is 0.906 bits per heavy atom. The molecule has 10 heteroatoms. The van der Waals surface area contributed by atoms with E-state index in [1.165, 1.54) is 4.90 Å². The zero-order valence-corrected chi connectivity index (χ0v) is 18.7. The number of carboxylic acids is 3. The highest BCUT2D eigenvalue weighted by Gasteiger charge is 2.36. The summed E-state index contributed by atoms with van der Waals surface area (Å²) in [5, 5.41) is 30.3. The van der Waals surface area contributed by atoms with Crippen molar-refractivity contribution in [1.82, 2.24) is 9.80 Å². The van der Waals surface area contributed by atoms with Crippen molar-refractivity contribution in [2.75, 3.05) is 26.2 Å². The number of aryl methyl sites for hydroxylation is 1. The highest BCUT2D eigenvalue weighted by Crippen LogP contribution is 2.28. The van der Waals surface area contributed by atoms with Gasteiger partial charge in [-0.3, -0.25) is 24.2 Å². The second-order valence-electron chi connectivity index (χ2n) is 7.95. The Kier molecular flexibility index (Phi) is 10.4. The number of carboxylic acid groups (broad SMARTS) is 3. The van der Waals surface area contributed by atoms with Gasteiger partial charge in [-0.15, -0.1) is 0 Å². The maximum Gasteiger partial charge on any atom is 0.317 e. The van der Waals surface area contributed by atoms with Gasteiger partial charge in [-0.2, -0.15) is 4.99 Å². The lowest BCUT2D eigenvalue weighted by atomic mass is 9.87. The molecule has 1 aromatic rings. The molecule has 2 atom stereocenters. The second-order valence-corrected chi connectivity index (χ2v) is 8.13. The van der Waals surface area contributed by atoms with Crippen LogP contribution >= 0.6 is 12.2 Å². The normalized spacial score (nSPS) is 18.3. The van der Waals surface area contributed by atoms with Crippen LogP contribution in [0.3, 0.4) is 0 Å². The van der Waals surface area contributed by atoms with Crippen LogP contribution < -0.4 is 0 Å². The Balaban J connectivity index is 2.11. The number of aliphatic imine (C=N–C) groups is 1. The van der Waals surface area contributed by atoms with E-state index in [-0.39, 0.29) is 31.7 Å². The first kappa shape index (κ1) is 25.6. The minimum absolute atomic E-state index is 0.169. The third-order valence-corrected chi connectivity index (χ3v) is 5.76. The molecular weight excluding hydrogens is 434 g/mol. The number of rotatable bonds is 13. The molecule has 0 aliphatic heterocycles. The SMILES string of the molecule is O=C(O)CN(CCCc1ccc(N=C=S)cc1)[C@@H]1CCCC[C@H]1N(CC(=O)O)CC(=O)O. The van der Waals surface area contributed by atoms with Crippen molar-refractivity contribution in [3.63, 3.8) is 0 Å². The summed E-state index contributed by atoms with van der Waals surface area (Å²) in [6, 6.07) is 7.04. The van der Waals surface area contributed by atoms with Crippen LogP contribution in [0, 0.1) is 0 Å². The van der Waals surface area contributed by atoms with E-state index >= 15 is 0 Å². The molecule has 0 unspecified atom stereocenters. The van der Waals surface area contributed by atoms with Crippen LogP contribution in [0.25, 0.3) is 0 Å². The molecule has 1 aliphatic rings. The maximum absolute atomic E-state index is 11.5. The zero-order valence-electron chi connectivity index (χ0n) is 17.9. The number of aliphatic carboxylic acids is 3. The van der Waals surface area contributed by atoms with Gasteiger partial charge in [0.15, 0.2) is 0 Å². The number of carbonyl (C=O) groups is 3. The average Bonchev–Trinajstić information content (AvgIpc) is 2.73. The molecule has 0 radical (unpaired) electrons. The average molecular weight is 464 g/mol. The summed E-state index contributed by atoms with van der Waals surface area (Å²) in [5.41, 5.74) is 1.81. The molecule has 0 spiro atoms. The van der Waals surface area contributed by atoms with Crippen molar-refractivity contribution in [2.24, 2.45) is 4.99 Å². The molecule has 1 aliphatic carbocycles. The van der Waals surface area contributed by atoms with E-state index in [1.807, 2.05) is 29.2 Å². The quantitative estimate of drug-likeness (QED) is 0.298. The number of hydrogen-bond acceptors (Lipinski definition) is 7. The highest BCUT2D eigenvalue weighted by atomic mass is 32.1. The molecular formula is C22H29N3O6S. The van der Waals surface area contributed by atoms with Gasteiger partial charge < -0.3 is 15.3 Å². The number of thiocarbonyl (C=S) groups is 1. The van der Waals surface area contributed by atoms with Gasteiger partial charge in [0.1, 0.15) is 0 Å². The Morgan fingerprint density at radius 2 is 1.41 bits per heavy atom. The van der Waals surface area contributed by atoms with Crippen molar-refractivity contribution < 1.29 is 29.7 Å². The van der Waals surface area contributed by atoms with Gasteiger partial charge in [0.05, 0.1) is 30.5 Å². The van der Waals surface area contributed by atoms with E-state index in [0.29, 0.717) is 25.8 Å². The molecule has 1 fully saturated rings. The predicted molar refractivity (Wildman–Crippen MR) is 122 cm³/mol. The summed E-state index contributed by atoms with van der Waals surface area (Å²) >= 11 is 4.60. The van der Waals surface area contributed by atoms with E-state index in [2.05, 4.69) is 22.4 Å². The molecule has 0 heterocycles. The largest absolute Gasteiger partial charge is 0.480 e. The zero-order chi connectivity index (χ0) is 23.5. The van der Waals surface area contributed by atoms with Crippen molar-refractivity contribution >= 4 is 41.0 Å². The maximum atomic E-state index is 11.5. The first-order valence-electron chi connectivity index (χ1n) is 10.6. The van der Waals surface area contributed by atoms with Gasteiger partial charge >= 0.3 is 17.9 Å². The van der Waals surface area contributed by atoms with Crippen molar-refractivity contribution in [2.45, 2.75) is 50.6 Å². The lowest BCUT2D eigenvalue weighted by Crippen LogP contribution is -2.56. The minimum Gasteiger partial charge on any atom is -0.480 e. The topological polar surface area (TPSA) is 131 Å². The van der Waals surface area contributed by atoms with Gasteiger partial charge in [0.25, 0.3) is 0 Å². The van der Waals surface area contributed by atoms with Crippen molar-refractivity contribution in [3.8, 4) is 0 Å². The molecule has 0 amide bonds. The first-order chi connectivity index (χ1) is 15.3. The predicted octanol–water partition coefficient (Wildman–Crippen LogP) is 2.52. The highest BCUT2D eigenvalue weighted by molar-refractivity contribution is 7.78. The molecule has 0 saturated heterocycles. The molecule has 32 heavy (non-hydrogen) atoms. The number of isothiocyanates is 1.